The van der Waals surface area contributed by atoms with Crippen LogP contribution in [-0.4, -0.2) is 28.6 Å². The van der Waals surface area contributed by atoms with E-state index in [0.29, 0.717) is 0 Å². The zero-order valence-electron chi connectivity index (χ0n) is 11.5. The minimum Gasteiger partial charge on any atom is -0.364 e. The lowest BCUT2D eigenvalue weighted by atomic mass is 9.90. The van der Waals surface area contributed by atoms with Gasteiger partial charge in [0.15, 0.2) is 0 Å². The third-order valence-corrected chi connectivity index (χ3v) is 5.04. The minimum atomic E-state index is 0.140. The molecule has 0 bridgehead atoms. The van der Waals surface area contributed by atoms with Gasteiger partial charge in [-0.3, -0.25) is 0 Å². The number of thiophene rings is 1. The molecular weight excluding hydrogens is 256 g/mol. The summed E-state index contributed by atoms with van der Waals surface area (Å²) in [6.45, 7) is 6.61. The lowest BCUT2D eigenvalue weighted by Gasteiger charge is -2.35. The largest absolute Gasteiger partial charge is 0.364 e. The Hall–Kier alpha value is -1.20. The number of fused-ring (bicyclic) bond motifs is 1. The zero-order valence-corrected chi connectivity index (χ0v) is 12.3. The first-order valence-corrected chi connectivity index (χ1v) is 7.74. The summed E-state index contributed by atoms with van der Waals surface area (Å²) in [6.07, 6.45) is 4.99. The van der Waals surface area contributed by atoms with Gasteiger partial charge in [0.25, 0.3) is 0 Å². The maximum Gasteiger partial charge on any atom is 0.138 e. The molecule has 2 N–H and O–H groups in total. The highest BCUT2D eigenvalue weighted by Gasteiger charge is 2.27. The minimum absolute atomic E-state index is 0.140. The maximum absolute atomic E-state index is 4.46. The average Bonchev–Trinajstić information content (AvgIpc) is 2.83. The highest BCUT2D eigenvalue weighted by molar-refractivity contribution is 7.18. The second kappa shape index (κ2) is 5.06. The quantitative estimate of drug-likeness (QED) is 0.905. The summed E-state index contributed by atoms with van der Waals surface area (Å²) in [4.78, 5) is 11.3. The number of aromatic nitrogens is 2. The lowest BCUT2D eigenvalue weighted by Crippen LogP contribution is -2.45. The van der Waals surface area contributed by atoms with Crippen LogP contribution in [0.5, 0.6) is 0 Å². The topological polar surface area (TPSA) is 49.8 Å². The summed E-state index contributed by atoms with van der Waals surface area (Å²) >= 11 is 1.77. The van der Waals surface area contributed by atoms with Gasteiger partial charge in [-0.15, -0.1) is 11.3 Å². The van der Waals surface area contributed by atoms with Gasteiger partial charge in [0.1, 0.15) is 17.0 Å². The van der Waals surface area contributed by atoms with E-state index in [0.717, 1.165) is 43.0 Å². The SMILES string of the molecule is CCc1cc2c(NC3(C)CCNCC3)ncnc2s1. The van der Waals surface area contributed by atoms with Crippen LogP contribution in [0.15, 0.2) is 12.4 Å². The van der Waals surface area contributed by atoms with E-state index >= 15 is 0 Å². The number of nitrogens with one attached hydrogen (secondary N) is 2. The molecule has 3 rings (SSSR count). The van der Waals surface area contributed by atoms with E-state index in [1.54, 1.807) is 17.7 Å². The van der Waals surface area contributed by atoms with Gasteiger partial charge in [0, 0.05) is 10.4 Å². The monoisotopic (exact) mass is 276 g/mol. The molecule has 5 heteroatoms. The molecule has 1 saturated heterocycles. The highest BCUT2D eigenvalue weighted by Crippen LogP contribution is 2.31. The molecule has 0 atom stereocenters. The number of hydrogen-bond acceptors (Lipinski definition) is 5. The summed E-state index contributed by atoms with van der Waals surface area (Å²) in [6, 6.07) is 2.23. The van der Waals surface area contributed by atoms with Crippen molar-refractivity contribution in [3.63, 3.8) is 0 Å². The number of rotatable bonds is 3. The fourth-order valence-corrected chi connectivity index (χ4v) is 3.50. The van der Waals surface area contributed by atoms with E-state index in [2.05, 4.69) is 40.5 Å². The van der Waals surface area contributed by atoms with Gasteiger partial charge in [-0.1, -0.05) is 6.92 Å². The highest BCUT2D eigenvalue weighted by atomic mass is 32.1. The van der Waals surface area contributed by atoms with Gasteiger partial charge in [-0.25, -0.2) is 9.97 Å². The summed E-state index contributed by atoms with van der Waals surface area (Å²) < 4.78 is 0. The first-order valence-electron chi connectivity index (χ1n) is 6.92. The Balaban J connectivity index is 1.93. The van der Waals surface area contributed by atoms with Crippen LogP contribution < -0.4 is 10.6 Å². The Morgan fingerprint density at radius 2 is 2.16 bits per heavy atom. The van der Waals surface area contributed by atoms with Crippen molar-refractivity contribution < 1.29 is 0 Å². The third kappa shape index (κ3) is 2.58. The molecule has 0 amide bonds. The molecule has 1 aliphatic rings. The molecule has 2 aromatic heterocycles. The standard InChI is InChI=1S/C14H20N4S/c1-3-10-8-11-12(16-9-17-13(11)19-10)18-14(2)4-6-15-7-5-14/h8-9,15H,3-7H2,1-2H3,(H,16,17,18). The molecule has 0 aliphatic carbocycles. The van der Waals surface area contributed by atoms with Crippen LogP contribution in [0.2, 0.25) is 0 Å². The molecule has 2 aromatic rings. The molecule has 0 unspecified atom stereocenters. The summed E-state index contributed by atoms with van der Waals surface area (Å²) in [5, 5.41) is 8.23. The maximum atomic E-state index is 4.46. The number of nitrogens with zero attached hydrogens (tertiary/aromatic N) is 2. The van der Waals surface area contributed by atoms with Gasteiger partial charge >= 0.3 is 0 Å². The number of hydrogen-bond donors (Lipinski definition) is 2. The zero-order chi connectivity index (χ0) is 13.3. The molecule has 3 heterocycles. The normalized spacial score (nSPS) is 18.6. The first-order chi connectivity index (χ1) is 9.20. The van der Waals surface area contributed by atoms with Gasteiger partial charge < -0.3 is 10.6 Å². The first kappa shape index (κ1) is 12.8. The second-order valence-electron chi connectivity index (χ2n) is 5.44. The van der Waals surface area contributed by atoms with E-state index in [9.17, 15) is 0 Å². The van der Waals surface area contributed by atoms with Gasteiger partial charge in [0.05, 0.1) is 5.39 Å². The average molecular weight is 276 g/mol. The lowest BCUT2D eigenvalue weighted by molar-refractivity contribution is 0.364. The van der Waals surface area contributed by atoms with Crippen molar-refractivity contribution in [2.45, 2.75) is 38.6 Å². The Morgan fingerprint density at radius 1 is 1.37 bits per heavy atom. The molecule has 0 radical (unpaired) electrons. The summed E-state index contributed by atoms with van der Waals surface area (Å²) in [5.41, 5.74) is 0.140. The Bertz CT molecular complexity index is 572. The van der Waals surface area contributed by atoms with E-state index in [1.165, 1.54) is 10.3 Å². The van der Waals surface area contributed by atoms with Crippen molar-refractivity contribution in [3.05, 3.63) is 17.3 Å². The molecule has 0 aromatic carbocycles. The number of aryl methyl sites for hydroxylation is 1. The molecule has 0 saturated carbocycles. The third-order valence-electron chi connectivity index (χ3n) is 3.86. The summed E-state index contributed by atoms with van der Waals surface area (Å²) in [7, 11) is 0. The molecule has 102 valence electrons. The van der Waals surface area contributed by atoms with Crippen LogP contribution >= 0.6 is 11.3 Å². The Kier molecular flexibility index (Phi) is 3.41. The predicted octanol–water partition coefficient (Wildman–Crippen LogP) is 2.81. The van der Waals surface area contributed by atoms with Crippen molar-refractivity contribution in [1.82, 2.24) is 15.3 Å². The van der Waals surface area contributed by atoms with Crippen molar-refractivity contribution in [1.29, 1.82) is 0 Å². The van der Waals surface area contributed by atoms with Crippen molar-refractivity contribution >= 4 is 27.4 Å². The molecule has 0 spiro atoms. The molecular formula is C14H20N4S. The van der Waals surface area contributed by atoms with Crippen molar-refractivity contribution in [3.8, 4) is 0 Å². The van der Waals surface area contributed by atoms with Crippen LogP contribution in [0.1, 0.15) is 31.6 Å². The molecule has 4 nitrogen and oxygen atoms in total. The fraction of sp³-hybridized carbons (Fsp3) is 0.571. The van der Waals surface area contributed by atoms with Crippen LogP contribution in [0.25, 0.3) is 10.2 Å². The van der Waals surface area contributed by atoms with Crippen molar-refractivity contribution in [2.75, 3.05) is 18.4 Å². The van der Waals surface area contributed by atoms with Gasteiger partial charge in [-0.2, -0.15) is 0 Å². The van der Waals surface area contributed by atoms with Gasteiger partial charge in [0.2, 0.25) is 0 Å². The summed E-state index contributed by atoms with van der Waals surface area (Å²) in [5.74, 6) is 0.991. The number of piperidine rings is 1. The molecule has 1 aliphatic heterocycles. The Labute approximate surface area is 117 Å². The van der Waals surface area contributed by atoms with E-state index in [4.69, 9.17) is 0 Å². The number of anilines is 1. The van der Waals surface area contributed by atoms with Crippen LogP contribution in [0.4, 0.5) is 5.82 Å². The fourth-order valence-electron chi connectivity index (χ4n) is 2.57. The van der Waals surface area contributed by atoms with E-state index in [-0.39, 0.29) is 5.54 Å². The van der Waals surface area contributed by atoms with E-state index < -0.39 is 0 Å². The molecule has 19 heavy (non-hydrogen) atoms. The van der Waals surface area contributed by atoms with Crippen LogP contribution in [0.3, 0.4) is 0 Å². The van der Waals surface area contributed by atoms with E-state index in [1.807, 2.05) is 0 Å². The smallest absolute Gasteiger partial charge is 0.138 e. The Morgan fingerprint density at radius 3 is 2.89 bits per heavy atom. The molecule has 1 fully saturated rings. The van der Waals surface area contributed by atoms with Gasteiger partial charge in [-0.05, 0) is 45.3 Å². The predicted molar refractivity (Wildman–Crippen MR) is 80.9 cm³/mol. The van der Waals surface area contributed by atoms with Crippen molar-refractivity contribution in [2.24, 2.45) is 0 Å². The van der Waals surface area contributed by atoms with Crippen LogP contribution in [-0.2, 0) is 6.42 Å². The van der Waals surface area contributed by atoms with Crippen LogP contribution in [0, 0.1) is 0 Å². The second-order valence-corrected chi connectivity index (χ2v) is 6.56.